The van der Waals surface area contributed by atoms with Crippen LogP contribution >= 0.6 is 0 Å². The van der Waals surface area contributed by atoms with Gasteiger partial charge in [0.25, 0.3) is 0 Å². The Morgan fingerprint density at radius 2 is 1.85 bits per heavy atom. The molecule has 1 unspecified atom stereocenters. The molecule has 0 radical (unpaired) electrons. The molecule has 3 N–H and O–H groups in total. The van der Waals surface area contributed by atoms with Gasteiger partial charge in [0.15, 0.2) is 0 Å². The largest absolute Gasteiger partial charge is 0.368 e. The van der Waals surface area contributed by atoms with Crippen LogP contribution in [0.1, 0.15) is 31.2 Å². The number of piperidine rings is 2. The Bertz CT molecular complexity index is 626. The number of likely N-dealkylation sites (tertiary alicyclic amines) is 2. The molecule has 1 aromatic carbocycles. The van der Waals surface area contributed by atoms with Crippen LogP contribution in [-0.4, -0.2) is 61.0 Å². The van der Waals surface area contributed by atoms with E-state index in [-0.39, 0.29) is 23.4 Å². The number of urea groups is 1. The lowest BCUT2D eigenvalue weighted by Gasteiger charge is -2.51. The van der Waals surface area contributed by atoms with Crippen molar-refractivity contribution in [2.24, 2.45) is 11.1 Å². The fraction of sp³-hybridized carbons (Fsp3) is 0.600. The van der Waals surface area contributed by atoms with Crippen molar-refractivity contribution in [3.8, 4) is 0 Å². The number of carbonyl (C=O) groups excluding carboxylic acids is 2. The quantitative estimate of drug-likeness (QED) is 0.858. The van der Waals surface area contributed by atoms with Crippen LogP contribution in [0.3, 0.4) is 0 Å². The molecule has 6 nitrogen and oxygen atoms in total. The maximum Gasteiger partial charge on any atom is 0.317 e. The number of nitrogens with one attached hydrogen (secondary N) is 1. The van der Waals surface area contributed by atoms with Gasteiger partial charge in [0, 0.05) is 19.6 Å². The first-order valence-electron chi connectivity index (χ1n) is 9.58. The number of nitrogens with two attached hydrogens (primary N) is 1. The average molecular weight is 358 g/mol. The number of hydrogen-bond acceptors (Lipinski definition) is 3. The van der Waals surface area contributed by atoms with Crippen molar-refractivity contribution in [2.75, 3.05) is 33.2 Å². The summed E-state index contributed by atoms with van der Waals surface area (Å²) in [6.45, 7) is 2.93. The minimum atomic E-state index is -0.229. The maximum absolute atomic E-state index is 12.5. The molecule has 2 heterocycles. The molecule has 0 aliphatic carbocycles. The molecule has 1 spiro atoms. The lowest BCUT2D eigenvalue weighted by Crippen LogP contribution is -2.61. The van der Waals surface area contributed by atoms with E-state index in [2.05, 4.69) is 22.3 Å². The molecule has 26 heavy (non-hydrogen) atoms. The molecular weight excluding hydrogens is 328 g/mol. The van der Waals surface area contributed by atoms with Gasteiger partial charge >= 0.3 is 6.03 Å². The topological polar surface area (TPSA) is 78.7 Å². The van der Waals surface area contributed by atoms with Gasteiger partial charge < -0.3 is 16.0 Å². The molecule has 2 aliphatic rings. The number of amides is 3. The SMILES string of the molecule is CN1CCCC2(CCN(C(=O)NCCc3ccccc3)CC2)C1C(N)=O. The summed E-state index contributed by atoms with van der Waals surface area (Å²) in [5.41, 5.74) is 6.86. The van der Waals surface area contributed by atoms with E-state index in [1.54, 1.807) is 0 Å². The Labute approximate surface area is 155 Å². The fourth-order valence-electron chi connectivity index (χ4n) is 4.68. The highest BCUT2D eigenvalue weighted by molar-refractivity contribution is 5.81. The van der Waals surface area contributed by atoms with Crippen molar-refractivity contribution < 1.29 is 9.59 Å². The lowest BCUT2D eigenvalue weighted by atomic mass is 9.66. The van der Waals surface area contributed by atoms with E-state index in [4.69, 9.17) is 5.73 Å². The molecule has 2 aliphatic heterocycles. The summed E-state index contributed by atoms with van der Waals surface area (Å²) in [5, 5.41) is 3.02. The van der Waals surface area contributed by atoms with Crippen molar-refractivity contribution in [3.05, 3.63) is 35.9 Å². The van der Waals surface area contributed by atoms with Gasteiger partial charge in [-0.2, -0.15) is 0 Å². The highest BCUT2D eigenvalue weighted by atomic mass is 16.2. The van der Waals surface area contributed by atoms with E-state index < -0.39 is 0 Å². The molecule has 2 fully saturated rings. The number of rotatable bonds is 4. The lowest BCUT2D eigenvalue weighted by molar-refractivity contribution is -0.132. The summed E-state index contributed by atoms with van der Waals surface area (Å²) in [5.74, 6) is -0.229. The van der Waals surface area contributed by atoms with Crippen LogP contribution in [0, 0.1) is 5.41 Å². The average Bonchev–Trinajstić information content (AvgIpc) is 2.63. The van der Waals surface area contributed by atoms with Gasteiger partial charge in [-0.3, -0.25) is 9.69 Å². The third-order valence-electron chi connectivity index (χ3n) is 6.05. The third-order valence-corrected chi connectivity index (χ3v) is 6.05. The Morgan fingerprint density at radius 3 is 2.50 bits per heavy atom. The molecule has 6 heteroatoms. The minimum absolute atomic E-state index is 0.00410. The molecule has 1 atom stereocenters. The van der Waals surface area contributed by atoms with Crippen LogP contribution in [0.15, 0.2) is 30.3 Å². The van der Waals surface area contributed by atoms with Crippen molar-refractivity contribution >= 4 is 11.9 Å². The normalized spacial score (nSPS) is 23.0. The molecule has 1 aromatic rings. The first-order valence-corrected chi connectivity index (χ1v) is 9.58. The van der Waals surface area contributed by atoms with E-state index in [9.17, 15) is 9.59 Å². The first-order chi connectivity index (χ1) is 12.5. The second-order valence-electron chi connectivity index (χ2n) is 7.71. The van der Waals surface area contributed by atoms with Gasteiger partial charge in [0.05, 0.1) is 6.04 Å². The van der Waals surface area contributed by atoms with Crippen LogP contribution in [0.4, 0.5) is 4.79 Å². The molecule has 142 valence electrons. The summed E-state index contributed by atoms with van der Waals surface area (Å²) < 4.78 is 0. The van der Waals surface area contributed by atoms with E-state index in [1.807, 2.05) is 30.1 Å². The van der Waals surface area contributed by atoms with E-state index in [0.29, 0.717) is 19.6 Å². The number of benzene rings is 1. The van der Waals surface area contributed by atoms with E-state index in [1.165, 1.54) is 5.56 Å². The highest BCUT2D eigenvalue weighted by Gasteiger charge is 2.48. The third kappa shape index (κ3) is 4.01. The van der Waals surface area contributed by atoms with Gasteiger partial charge in [0.1, 0.15) is 0 Å². The van der Waals surface area contributed by atoms with Crippen molar-refractivity contribution in [3.63, 3.8) is 0 Å². The van der Waals surface area contributed by atoms with Gasteiger partial charge in [-0.15, -0.1) is 0 Å². The zero-order chi connectivity index (χ0) is 18.6. The predicted octanol–water partition coefficient (Wildman–Crippen LogP) is 1.60. The monoisotopic (exact) mass is 358 g/mol. The molecule has 0 bridgehead atoms. The van der Waals surface area contributed by atoms with Gasteiger partial charge in [-0.25, -0.2) is 4.79 Å². The standard InChI is InChI=1S/C20H30N4O2/c1-23-13-5-9-20(17(23)18(21)25)10-14-24(15-11-20)19(26)22-12-8-16-6-3-2-4-7-16/h2-4,6-7,17H,5,8-15H2,1H3,(H2,21,25)(H,22,26). The maximum atomic E-state index is 12.5. The highest BCUT2D eigenvalue weighted by Crippen LogP contribution is 2.44. The summed E-state index contributed by atoms with van der Waals surface area (Å²) in [6, 6.07) is 9.94. The number of nitrogens with zero attached hydrogens (tertiary/aromatic N) is 2. The Morgan fingerprint density at radius 1 is 1.15 bits per heavy atom. The van der Waals surface area contributed by atoms with Crippen LogP contribution < -0.4 is 11.1 Å². The summed E-state index contributed by atoms with van der Waals surface area (Å²) in [7, 11) is 1.99. The van der Waals surface area contributed by atoms with Crippen LogP contribution in [0.2, 0.25) is 0 Å². The predicted molar refractivity (Wildman–Crippen MR) is 102 cm³/mol. The molecular formula is C20H30N4O2. The minimum Gasteiger partial charge on any atom is -0.368 e. The van der Waals surface area contributed by atoms with Crippen LogP contribution in [0.5, 0.6) is 0 Å². The summed E-state index contributed by atoms with van der Waals surface area (Å²) in [4.78, 5) is 28.4. The van der Waals surface area contributed by atoms with Crippen molar-refractivity contribution in [1.29, 1.82) is 0 Å². The first kappa shape index (κ1) is 18.7. The Balaban J connectivity index is 1.51. The molecule has 0 aromatic heterocycles. The number of likely N-dealkylation sites (N-methyl/N-ethyl adjacent to an activating group) is 1. The summed E-state index contributed by atoms with van der Waals surface area (Å²) in [6.07, 6.45) is 4.63. The van der Waals surface area contributed by atoms with Crippen molar-refractivity contribution in [1.82, 2.24) is 15.1 Å². The molecule has 2 saturated heterocycles. The van der Waals surface area contributed by atoms with Gasteiger partial charge in [0.2, 0.25) is 5.91 Å². The van der Waals surface area contributed by atoms with Crippen molar-refractivity contribution in [2.45, 2.75) is 38.1 Å². The number of primary amides is 1. The second kappa shape index (κ2) is 8.08. The smallest absolute Gasteiger partial charge is 0.317 e. The zero-order valence-electron chi connectivity index (χ0n) is 15.6. The van der Waals surface area contributed by atoms with E-state index in [0.717, 1.165) is 38.6 Å². The second-order valence-corrected chi connectivity index (χ2v) is 7.71. The van der Waals surface area contributed by atoms with Crippen LogP contribution in [0.25, 0.3) is 0 Å². The van der Waals surface area contributed by atoms with Gasteiger partial charge in [-0.1, -0.05) is 30.3 Å². The fourth-order valence-corrected chi connectivity index (χ4v) is 4.68. The van der Waals surface area contributed by atoms with Gasteiger partial charge in [-0.05, 0) is 56.7 Å². The zero-order valence-corrected chi connectivity index (χ0v) is 15.6. The molecule has 3 amide bonds. The Hall–Kier alpha value is -2.08. The summed E-state index contributed by atoms with van der Waals surface area (Å²) >= 11 is 0. The Kier molecular flexibility index (Phi) is 5.81. The number of carbonyl (C=O) groups is 2. The van der Waals surface area contributed by atoms with Crippen LogP contribution in [-0.2, 0) is 11.2 Å². The molecule has 0 saturated carbocycles. The number of hydrogen-bond donors (Lipinski definition) is 2. The molecule has 3 rings (SSSR count). The van der Waals surface area contributed by atoms with E-state index >= 15 is 0 Å².